The maximum atomic E-state index is 11.8. The second kappa shape index (κ2) is 7.89. The Labute approximate surface area is 117 Å². The molecular weight excluding hydrogens is 268 g/mol. The van der Waals surface area contributed by atoms with Gasteiger partial charge in [-0.15, -0.1) is 0 Å². The van der Waals surface area contributed by atoms with E-state index in [1.54, 1.807) is 31.5 Å². The number of rotatable bonds is 6. The van der Waals surface area contributed by atoms with Gasteiger partial charge in [-0.3, -0.25) is 4.79 Å². The number of nitrogens with zero attached hydrogens (tertiary/aromatic N) is 2. The summed E-state index contributed by atoms with van der Waals surface area (Å²) in [6, 6.07) is 3.41. The van der Waals surface area contributed by atoms with E-state index in [9.17, 15) is 9.90 Å². The second-order valence-corrected chi connectivity index (χ2v) is 4.46. The largest absolute Gasteiger partial charge is 0.389 e. The quantitative estimate of drug-likeness (QED) is 0.630. The lowest BCUT2D eigenvalue weighted by Gasteiger charge is -2.18. The van der Waals surface area contributed by atoms with Crippen molar-refractivity contribution in [2.24, 2.45) is 0 Å². The second-order valence-electron chi connectivity index (χ2n) is 4.08. The van der Waals surface area contributed by atoms with Crippen LogP contribution in [0.3, 0.4) is 0 Å². The lowest BCUT2D eigenvalue weighted by atomic mass is 10.2. The summed E-state index contributed by atoms with van der Waals surface area (Å²) in [4.78, 5) is 17.1. The highest BCUT2D eigenvalue weighted by molar-refractivity contribution is 6.29. The first kappa shape index (κ1) is 15.6. The fourth-order valence-corrected chi connectivity index (χ4v) is 1.54. The SMILES string of the molecule is COCC(O)CN(C)C(=O)/C=C/c1ccc(Cl)nc1. The molecule has 0 saturated carbocycles. The number of carbonyl (C=O) groups is 1. The molecule has 0 radical (unpaired) electrons. The van der Waals surface area contributed by atoms with Crippen molar-refractivity contribution >= 4 is 23.6 Å². The number of likely N-dealkylation sites (N-methyl/N-ethyl adjacent to an activating group) is 1. The molecule has 0 aliphatic heterocycles. The van der Waals surface area contributed by atoms with Gasteiger partial charge in [-0.2, -0.15) is 0 Å². The fraction of sp³-hybridized carbons (Fsp3) is 0.385. The number of ether oxygens (including phenoxy) is 1. The number of aliphatic hydroxyl groups is 1. The number of hydrogen-bond donors (Lipinski definition) is 1. The highest BCUT2D eigenvalue weighted by Crippen LogP contribution is 2.06. The van der Waals surface area contributed by atoms with Gasteiger partial charge in [-0.25, -0.2) is 4.98 Å². The average Bonchev–Trinajstić information content (AvgIpc) is 2.37. The molecule has 1 unspecified atom stereocenters. The number of methoxy groups -OCH3 is 1. The Morgan fingerprint density at radius 2 is 2.37 bits per heavy atom. The maximum absolute atomic E-state index is 11.8. The zero-order valence-corrected chi connectivity index (χ0v) is 11.7. The minimum Gasteiger partial charge on any atom is -0.389 e. The zero-order chi connectivity index (χ0) is 14.3. The van der Waals surface area contributed by atoms with Gasteiger partial charge < -0.3 is 14.7 Å². The molecule has 0 aliphatic carbocycles. The predicted molar refractivity (Wildman–Crippen MR) is 73.8 cm³/mol. The number of carbonyl (C=O) groups excluding carboxylic acids is 1. The van der Waals surface area contributed by atoms with E-state index in [4.69, 9.17) is 16.3 Å². The van der Waals surface area contributed by atoms with Crippen LogP contribution >= 0.6 is 11.6 Å². The predicted octanol–water partition coefficient (Wildman–Crippen LogP) is 1.21. The summed E-state index contributed by atoms with van der Waals surface area (Å²) >= 11 is 5.66. The smallest absolute Gasteiger partial charge is 0.246 e. The molecule has 1 aromatic heterocycles. The number of aliphatic hydroxyl groups excluding tert-OH is 1. The van der Waals surface area contributed by atoms with Gasteiger partial charge in [0.25, 0.3) is 0 Å². The summed E-state index contributed by atoms with van der Waals surface area (Å²) in [6.07, 6.45) is 3.95. The molecule has 6 heteroatoms. The van der Waals surface area contributed by atoms with E-state index in [-0.39, 0.29) is 19.1 Å². The molecular formula is C13H17ClN2O3. The number of hydrogen-bond acceptors (Lipinski definition) is 4. The van der Waals surface area contributed by atoms with Gasteiger partial charge in [0.05, 0.1) is 12.7 Å². The van der Waals surface area contributed by atoms with Gasteiger partial charge in [-0.1, -0.05) is 17.7 Å². The molecule has 0 saturated heterocycles. The van der Waals surface area contributed by atoms with E-state index < -0.39 is 6.10 Å². The van der Waals surface area contributed by atoms with Crippen molar-refractivity contribution in [2.75, 3.05) is 27.3 Å². The zero-order valence-electron chi connectivity index (χ0n) is 10.9. The molecule has 1 N–H and O–H groups in total. The molecule has 1 heterocycles. The normalized spacial score (nSPS) is 12.6. The third-order valence-electron chi connectivity index (χ3n) is 2.39. The van der Waals surface area contributed by atoms with Crippen LogP contribution < -0.4 is 0 Å². The summed E-state index contributed by atoms with van der Waals surface area (Å²) in [5.74, 6) is -0.204. The van der Waals surface area contributed by atoms with Gasteiger partial charge in [0.2, 0.25) is 5.91 Å². The Morgan fingerprint density at radius 1 is 1.63 bits per heavy atom. The third kappa shape index (κ3) is 5.83. The Balaban J connectivity index is 2.51. The van der Waals surface area contributed by atoms with Crippen molar-refractivity contribution in [3.8, 4) is 0 Å². The van der Waals surface area contributed by atoms with Crippen molar-refractivity contribution in [3.63, 3.8) is 0 Å². The van der Waals surface area contributed by atoms with Crippen molar-refractivity contribution in [1.82, 2.24) is 9.88 Å². The highest BCUT2D eigenvalue weighted by atomic mass is 35.5. The van der Waals surface area contributed by atoms with E-state index in [0.717, 1.165) is 5.56 Å². The van der Waals surface area contributed by atoms with Gasteiger partial charge >= 0.3 is 0 Å². The van der Waals surface area contributed by atoms with Crippen LogP contribution in [-0.4, -0.2) is 54.3 Å². The molecule has 0 aliphatic rings. The average molecular weight is 285 g/mol. The molecule has 0 bridgehead atoms. The van der Waals surface area contributed by atoms with Crippen molar-refractivity contribution in [2.45, 2.75) is 6.10 Å². The lowest BCUT2D eigenvalue weighted by Crippen LogP contribution is -2.35. The number of halogens is 1. The minimum atomic E-state index is -0.690. The summed E-state index contributed by atoms with van der Waals surface area (Å²) < 4.78 is 4.80. The van der Waals surface area contributed by atoms with E-state index in [0.29, 0.717) is 5.15 Å². The van der Waals surface area contributed by atoms with Crippen LogP contribution in [0.1, 0.15) is 5.56 Å². The number of aromatic nitrogens is 1. The lowest BCUT2D eigenvalue weighted by molar-refractivity contribution is -0.126. The van der Waals surface area contributed by atoms with Crippen LogP contribution in [0, 0.1) is 0 Å². The Kier molecular flexibility index (Phi) is 6.49. The van der Waals surface area contributed by atoms with Crippen LogP contribution in [0.2, 0.25) is 5.15 Å². The summed E-state index contributed by atoms with van der Waals surface area (Å²) in [6.45, 7) is 0.415. The van der Waals surface area contributed by atoms with E-state index in [2.05, 4.69) is 4.98 Å². The molecule has 19 heavy (non-hydrogen) atoms. The molecule has 1 amide bonds. The van der Waals surface area contributed by atoms with Gasteiger partial charge in [0.15, 0.2) is 0 Å². The standard InChI is InChI=1S/C13H17ClN2O3/c1-16(8-11(17)9-19-2)13(18)6-4-10-3-5-12(14)15-7-10/h3-7,11,17H,8-9H2,1-2H3/b6-4+. The van der Waals surface area contributed by atoms with Crippen LogP contribution in [0.4, 0.5) is 0 Å². The monoisotopic (exact) mass is 284 g/mol. The highest BCUT2D eigenvalue weighted by Gasteiger charge is 2.11. The topological polar surface area (TPSA) is 62.7 Å². The first-order valence-electron chi connectivity index (χ1n) is 5.74. The van der Waals surface area contributed by atoms with Crippen LogP contribution in [0.5, 0.6) is 0 Å². The summed E-state index contributed by atoms with van der Waals surface area (Å²) in [5.41, 5.74) is 0.781. The molecule has 104 valence electrons. The number of amides is 1. The molecule has 0 aromatic carbocycles. The molecule has 1 rings (SSSR count). The maximum Gasteiger partial charge on any atom is 0.246 e. The van der Waals surface area contributed by atoms with Crippen molar-refractivity contribution in [3.05, 3.63) is 35.1 Å². The van der Waals surface area contributed by atoms with Crippen LogP contribution in [-0.2, 0) is 9.53 Å². The van der Waals surface area contributed by atoms with Crippen LogP contribution in [0.25, 0.3) is 6.08 Å². The van der Waals surface area contributed by atoms with Gasteiger partial charge in [-0.05, 0) is 17.7 Å². The Bertz CT molecular complexity index is 434. The first-order valence-corrected chi connectivity index (χ1v) is 6.12. The van der Waals surface area contributed by atoms with Crippen LogP contribution in [0.15, 0.2) is 24.4 Å². The molecule has 1 atom stereocenters. The van der Waals surface area contributed by atoms with E-state index in [1.165, 1.54) is 18.1 Å². The van der Waals surface area contributed by atoms with Gasteiger partial charge in [0, 0.05) is 33.0 Å². The summed E-state index contributed by atoms with van der Waals surface area (Å²) in [7, 11) is 3.12. The van der Waals surface area contributed by atoms with Gasteiger partial charge in [0.1, 0.15) is 5.15 Å². The minimum absolute atomic E-state index is 0.197. The summed E-state index contributed by atoms with van der Waals surface area (Å²) in [5, 5.41) is 9.92. The molecule has 5 nitrogen and oxygen atoms in total. The number of pyridine rings is 1. The third-order valence-corrected chi connectivity index (χ3v) is 2.61. The van der Waals surface area contributed by atoms with Crippen molar-refractivity contribution in [1.29, 1.82) is 0 Å². The molecule has 0 fully saturated rings. The van der Waals surface area contributed by atoms with E-state index in [1.807, 2.05) is 0 Å². The van der Waals surface area contributed by atoms with E-state index >= 15 is 0 Å². The Hall–Kier alpha value is -1.43. The van der Waals surface area contributed by atoms with Crippen molar-refractivity contribution < 1.29 is 14.6 Å². The molecule has 1 aromatic rings. The first-order chi connectivity index (χ1) is 9.02. The Morgan fingerprint density at radius 3 is 2.95 bits per heavy atom. The molecule has 0 spiro atoms. The fourth-order valence-electron chi connectivity index (χ4n) is 1.43.